The van der Waals surface area contributed by atoms with Crippen molar-refractivity contribution in [1.29, 1.82) is 5.26 Å². The lowest BCUT2D eigenvalue weighted by atomic mass is 9.86. The highest BCUT2D eigenvalue weighted by Crippen LogP contribution is 2.26. The molecule has 0 saturated carbocycles. The van der Waals surface area contributed by atoms with E-state index in [2.05, 4.69) is 23.3 Å². The zero-order valence-electron chi connectivity index (χ0n) is 10.2. The number of amides is 1. The fourth-order valence-corrected chi connectivity index (χ4v) is 2.40. The van der Waals surface area contributed by atoms with Crippen LogP contribution < -0.4 is 5.32 Å². The standard InChI is InChI=1S/C12H19N3O2/c1-15-4-2-3-10(6-15)5-14-11(16)12(7-13)8-17-9-12/h10H,2-6,8-9H2,1H3,(H,14,16). The van der Waals surface area contributed by atoms with Crippen LogP contribution in [0.2, 0.25) is 0 Å². The van der Waals surface area contributed by atoms with Crippen LogP contribution in [0.5, 0.6) is 0 Å². The van der Waals surface area contributed by atoms with Crippen molar-refractivity contribution in [2.24, 2.45) is 11.3 Å². The average molecular weight is 237 g/mol. The number of ether oxygens (including phenoxy) is 1. The second-order valence-electron chi connectivity index (χ2n) is 5.17. The molecular weight excluding hydrogens is 218 g/mol. The van der Waals surface area contributed by atoms with Crippen LogP contribution in [0.1, 0.15) is 12.8 Å². The van der Waals surface area contributed by atoms with Crippen LogP contribution >= 0.6 is 0 Å². The number of nitrogens with one attached hydrogen (secondary N) is 1. The molecule has 0 radical (unpaired) electrons. The van der Waals surface area contributed by atoms with Gasteiger partial charge in [0, 0.05) is 13.1 Å². The van der Waals surface area contributed by atoms with E-state index in [1.54, 1.807) is 0 Å². The second-order valence-corrected chi connectivity index (χ2v) is 5.17. The van der Waals surface area contributed by atoms with Gasteiger partial charge >= 0.3 is 0 Å². The number of piperidine rings is 1. The summed E-state index contributed by atoms with van der Waals surface area (Å²) in [7, 11) is 2.10. The zero-order valence-corrected chi connectivity index (χ0v) is 10.2. The van der Waals surface area contributed by atoms with Crippen LogP contribution in [0.3, 0.4) is 0 Å². The van der Waals surface area contributed by atoms with Gasteiger partial charge in [0.05, 0.1) is 19.3 Å². The maximum atomic E-state index is 11.9. The maximum absolute atomic E-state index is 11.9. The molecule has 1 amide bonds. The SMILES string of the molecule is CN1CCCC(CNC(=O)C2(C#N)COC2)C1. The minimum absolute atomic E-state index is 0.167. The summed E-state index contributed by atoms with van der Waals surface area (Å²) in [6.45, 7) is 3.31. The van der Waals surface area contributed by atoms with Crippen molar-refractivity contribution in [1.82, 2.24) is 10.2 Å². The Balaban J connectivity index is 1.78. The Morgan fingerprint density at radius 2 is 2.41 bits per heavy atom. The molecule has 0 aromatic rings. The van der Waals surface area contributed by atoms with Gasteiger partial charge in [-0.25, -0.2) is 0 Å². The number of rotatable bonds is 3. The van der Waals surface area contributed by atoms with Crippen LogP contribution in [0.25, 0.3) is 0 Å². The average Bonchev–Trinajstić information content (AvgIpc) is 2.26. The van der Waals surface area contributed by atoms with E-state index < -0.39 is 5.41 Å². The van der Waals surface area contributed by atoms with E-state index in [1.807, 2.05) is 0 Å². The summed E-state index contributed by atoms with van der Waals surface area (Å²) in [5.74, 6) is 0.342. The summed E-state index contributed by atoms with van der Waals surface area (Å²) in [5, 5.41) is 11.9. The van der Waals surface area contributed by atoms with E-state index in [4.69, 9.17) is 10.00 Å². The first-order chi connectivity index (χ1) is 8.16. The van der Waals surface area contributed by atoms with E-state index in [1.165, 1.54) is 6.42 Å². The molecule has 94 valence electrons. The van der Waals surface area contributed by atoms with Gasteiger partial charge in [-0.15, -0.1) is 0 Å². The minimum atomic E-state index is -0.916. The molecule has 2 fully saturated rings. The Kier molecular flexibility index (Phi) is 3.65. The van der Waals surface area contributed by atoms with Gasteiger partial charge in [0.1, 0.15) is 0 Å². The third kappa shape index (κ3) is 2.59. The predicted octanol–water partition coefficient (Wildman–Crippen LogP) is -0.0154. The molecule has 1 atom stereocenters. The van der Waals surface area contributed by atoms with Crippen molar-refractivity contribution >= 4 is 5.91 Å². The number of nitriles is 1. The third-order valence-electron chi connectivity index (χ3n) is 3.62. The molecule has 1 unspecified atom stereocenters. The largest absolute Gasteiger partial charge is 0.377 e. The van der Waals surface area contributed by atoms with Crippen molar-refractivity contribution in [3.63, 3.8) is 0 Å². The van der Waals surface area contributed by atoms with E-state index in [-0.39, 0.29) is 19.1 Å². The van der Waals surface area contributed by atoms with E-state index >= 15 is 0 Å². The number of carbonyl (C=O) groups is 1. The Hall–Kier alpha value is -1.12. The van der Waals surface area contributed by atoms with Gasteiger partial charge in [-0.05, 0) is 32.4 Å². The van der Waals surface area contributed by atoms with Crippen molar-refractivity contribution in [2.75, 3.05) is 39.9 Å². The molecule has 2 aliphatic rings. The first-order valence-electron chi connectivity index (χ1n) is 6.12. The highest BCUT2D eigenvalue weighted by molar-refractivity contribution is 5.86. The van der Waals surface area contributed by atoms with E-state index in [0.717, 1.165) is 19.5 Å². The predicted molar refractivity (Wildman–Crippen MR) is 62.1 cm³/mol. The van der Waals surface area contributed by atoms with Gasteiger partial charge in [-0.2, -0.15) is 5.26 Å². The monoisotopic (exact) mass is 237 g/mol. The van der Waals surface area contributed by atoms with Crippen molar-refractivity contribution in [3.05, 3.63) is 0 Å². The Labute approximate surface area is 102 Å². The molecule has 0 aliphatic carbocycles. The van der Waals surface area contributed by atoms with Crippen molar-refractivity contribution < 1.29 is 9.53 Å². The Morgan fingerprint density at radius 1 is 1.65 bits per heavy atom. The molecule has 2 saturated heterocycles. The summed E-state index contributed by atoms with van der Waals surface area (Å²) in [5.41, 5.74) is -0.916. The Morgan fingerprint density at radius 3 is 2.94 bits per heavy atom. The fraction of sp³-hybridized carbons (Fsp3) is 0.833. The maximum Gasteiger partial charge on any atom is 0.245 e. The molecule has 5 heteroatoms. The topological polar surface area (TPSA) is 65.4 Å². The fourth-order valence-electron chi connectivity index (χ4n) is 2.40. The van der Waals surface area contributed by atoms with Gasteiger partial charge in [-0.3, -0.25) is 4.79 Å². The van der Waals surface area contributed by atoms with Crippen LogP contribution in [0.4, 0.5) is 0 Å². The molecule has 0 bridgehead atoms. The number of nitrogens with zero attached hydrogens (tertiary/aromatic N) is 2. The lowest BCUT2D eigenvalue weighted by Crippen LogP contribution is -2.54. The van der Waals surface area contributed by atoms with Crippen molar-refractivity contribution in [2.45, 2.75) is 12.8 Å². The summed E-state index contributed by atoms with van der Waals surface area (Å²) in [6, 6.07) is 2.06. The summed E-state index contributed by atoms with van der Waals surface area (Å²) in [6.07, 6.45) is 2.34. The van der Waals surface area contributed by atoms with E-state index in [0.29, 0.717) is 12.5 Å². The molecule has 0 aromatic carbocycles. The van der Waals surface area contributed by atoms with Gasteiger partial charge in [-0.1, -0.05) is 0 Å². The first-order valence-corrected chi connectivity index (χ1v) is 6.12. The summed E-state index contributed by atoms with van der Waals surface area (Å²) < 4.78 is 4.97. The van der Waals surface area contributed by atoms with E-state index in [9.17, 15) is 4.79 Å². The number of carbonyl (C=O) groups excluding carboxylic acids is 1. The summed E-state index contributed by atoms with van der Waals surface area (Å²) in [4.78, 5) is 14.2. The van der Waals surface area contributed by atoms with Crippen molar-refractivity contribution in [3.8, 4) is 6.07 Å². The normalized spacial score (nSPS) is 27.9. The van der Waals surface area contributed by atoms with Gasteiger partial charge in [0.2, 0.25) is 5.91 Å². The zero-order chi connectivity index (χ0) is 12.3. The molecule has 2 heterocycles. The number of hydrogen-bond acceptors (Lipinski definition) is 4. The second kappa shape index (κ2) is 5.03. The summed E-state index contributed by atoms with van der Waals surface area (Å²) >= 11 is 0. The number of likely N-dealkylation sites (tertiary alicyclic amines) is 1. The highest BCUT2D eigenvalue weighted by atomic mass is 16.5. The molecular formula is C12H19N3O2. The van der Waals surface area contributed by atoms with Gasteiger partial charge in [0.25, 0.3) is 0 Å². The Bertz CT molecular complexity index is 333. The third-order valence-corrected chi connectivity index (χ3v) is 3.62. The minimum Gasteiger partial charge on any atom is -0.377 e. The van der Waals surface area contributed by atoms with Crippen LogP contribution in [-0.2, 0) is 9.53 Å². The quantitative estimate of drug-likeness (QED) is 0.749. The molecule has 2 rings (SSSR count). The smallest absolute Gasteiger partial charge is 0.245 e. The lowest BCUT2D eigenvalue weighted by molar-refractivity contribution is -0.150. The van der Waals surface area contributed by atoms with Crippen LogP contribution in [0.15, 0.2) is 0 Å². The highest BCUT2D eigenvalue weighted by Gasteiger charge is 2.46. The number of hydrogen-bond donors (Lipinski definition) is 1. The molecule has 17 heavy (non-hydrogen) atoms. The van der Waals surface area contributed by atoms with Crippen LogP contribution in [0, 0.1) is 22.7 Å². The molecule has 0 spiro atoms. The lowest BCUT2D eigenvalue weighted by Gasteiger charge is -2.35. The molecule has 5 nitrogen and oxygen atoms in total. The molecule has 2 aliphatic heterocycles. The van der Waals surface area contributed by atoms with Crippen LogP contribution in [-0.4, -0.2) is 50.7 Å². The first kappa shape index (κ1) is 12.3. The molecule has 0 aromatic heterocycles. The van der Waals surface area contributed by atoms with Gasteiger partial charge in [0.15, 0.2) is 5.41 Å². The van der Waals surface area contributed by atoms with Gasteiger partial charge < -0.3 is 15.0 Å². The molecule has 1 N–H and O–H groups in total.